The van der Waals surface area contributed by atoms with E-state index < -0.39 is 5.97 Å². The van der Waals surface area contributed by atoms with Crippen molar-refractivity contribution in [2.45, 2.75) is 27.2 Å². The maximum absolute atomic E-state index is 13.2. The first-order valence-corrected chi connectivity index (χ1v) is 10.8. The molecule has 0 N–H and O–H groups in total. The molecule has 0 atom stereocenters. The van der Waals surface area contributed by atoms with Crippen molar-refractivity contribution in [2.24, 2.45) is 0 Å². The molecule has 3 aromatic rings. The molecular formula is C28H30FNO3. The Morgan fingerprint density at radius 1 is 1.12 bits per heavy atom. The van der Waals surface area contributed by atoms with Crippen LogP contribution in [0.5, 0.6) is 5.75 Å². The Hall–Kier alpha value is -3.73. The molecule has 0 radical (unpaired) electrons. The number of hydrogen-bond acceptors (Lipinski definition) is 4. The molecule has 0 saturated carbocycles. The first kappa shape index (κ1) is 25.5. The van der Waals surface area contributed by atoms with Gasteiger partial charge in [-0.05, 0) is 59.9 Å². The van der Waals surface area contributed by atoms with Crippen molar-refractivity contribution in [3.8, 4) is 5.75 Å². The summed E-state index contributed by atoms with van der Waals surface area (Å²) >= 11 is 0. The molecule has 172 valence electrons. The highest BCUT2D eigenvalue weighted by atomic mass is 19.1. The number of carbonyl (C=O) groups is 1. The number of fused-ring (bicyclic) bond motifs is 1. The molecule has 1 aromatic heterocycles. The minimum absolute atomic E-state index is 0.0869. The van der Waals surface area contributed by atoms with Gasteiger partial charge < -0.3 is 9.47 Å². The molecule has 0 saturated heterocycles. The van der Waals surface area contributed by atoms with Crippen molar-refractivity contribution in [1.29, 1.82) is 0 Å². The SMILES string of the molecule is C=C/C=C(\C=C)COC(=O)c1cc(C)c(OC)c2ncc(Cc3ccc(F)cc3)cc12.CC. The number of hydrogen-bond donors (Lipinski definition) is 0. The van der Waals surface area contributed by atoms with Crippen molar-refractivity contribution < 1.29 is 18.7 Å². The zero-order valence-corrected chi connectivity index (χ0v) is 19.7. The average molecular weight is 448 g/mol. The number of nitrogens with zero attached hydrogens (tertiary/aromatic N) is 1. The van der Waals surface area contributed by atoms with Gasteiger partial charge >= 0.3 is 5.97 Å². The van der Waals surface area contributed by atoms with Crippen LogP contribution in [0, 0.1) is 12.7 Å². The summed E-state index contributed by atoms with van der Waals surface area (Å²) in [6.45, 7) is 13.3. The summed E-state index contributed by atoms with van der Waals surface area (Å²) in [5, 5.41) is 0.639. The van der Waals surface area contributed by atoms with Gasteiger partial charge in [-0.25, -0.2) is 9.18 Å². The molecule has 0 bridgehead atoms. The van der Waals surface area contributed by atoms with Crippen molar-refractivity contribution in [3.05, 3.63) is 108 Å². The van der Waals surface area contributed by atoms with Crippen LogP contribution >= 0.6 is 0 Å². The maximum Gasteiger partial charge on any atom is 0.339 e. The summed E-state index contributed by atoms with van der Waals surface area (Å²) in [5.74, 6) is -0.137. The molecule has 33 heavy (non-hydrogen) atoms. The van der Waals surface area contributed by atoms with Crippen molar-refractivity contribution in [2.75, 3.05) is 13.7 Å². The van der Waals surface area contributed by atoms with Gasteiger partial charge in [0.2, 0.25) is 0 Å². The van der Waals surface area contributed by atoms with Gasteiger partial charge in [0.25, 0.3) is 0 Å². The highest BCUT2D eigenvalue weighted by Crippen LogP contribution is 2.32. The Labute approximate surface area is 195 Å². The van der Waals surface area contributed by atoms with Gasteiger partial charge in [0.15, 0.2) is 0 Å². The van der Waals surface area contributed by atoms with Crippen LogP contribution in [0.1, 0.15) is 40.9 Å². The molecule has 0 aliphatic rings. The van der Waals surface area contributed by atoms with Gasteiger partial charge in [0.1, 0.15) is 23.7 Å². The minimum Gasteiger partial charge on any atom is -0.494 e. The topological polar surface area (TPSA) is 48.4 Å². The number of ether oxygens (including phenoxy) is 2. The molecule has 0 amide bonds. The lowest BCUT2D eigenvalue weighted by Crippen LogP contribution is -2.09. The molecular weight excluding hydrogens is 417 g/mol. The lowest BCUT2D eigenvalue weighted by atomic mass is 9.99. The van der Waals surface area contributed by atoms with E-state index in [0.717, 1.165) is 22.3 Å². The molecule has 1 heterocycles. The minimum atomic E-state index is -0.465. The third-order valence-corrected chi connectivity index (χ3v) is 4.88. The largest absolute Gasteiger partial charge is 0.494 e. The fourth-order valence-electron chi connectivity index (χ4n) is 3.36. The van der Waals surface area contributed by atoms with Gasteiger partial charge in [-0.2, -0.15) is 0 Å². The van der Waals surface area contributed by atoms with Crippen LogP contribution in [0.2, 0.25) is 0 Å². The third-order valence-electron chi connectivity index (χ3n) is 4.88. The molecule has 0 aliphatic heterocycles. The van der Waals surface area contributed by atoms with Crippen LogP contribution in [0.25, 0.3) is 10.9 Å². The number of pyridine rings is 1. The smallest absolute Gasteiger partial charge is 0.339 e. The van der Waals surface area contributed by atoms with E-state index in [0.29, 0.717) is 28.6 Å². The van der Waals surface area contributed by atoms with Gasteiger partial charge in [-0.1, -0.05) is 57.4 Å². The first-order chi connectivity index (χ1) is 16.0. The Morgan fingerprint density at radius 2 is 1.82 bits per heavy atom. The lowest BCUT2D eigenvalue weighted by molar-refractivity contribution is 0.0545. The molecule has 2 aromatic carbocycles. The number of aryl methyl sites for hydroxylation is 1. The monoisotopic (exact) mass is 447 g/mol. The number of carbonyl (C=O) groups excluding carboxylic acids is 1. The second-order valence-electron chi connectivity index (χ2n) is 7.07. The molecule has 4 nitrogen and oxygen atoms in total. The molecule has 0 fully saturated rings. The van der Waals surface area contributed by atoms with Gasteiger partial charge in [-0.15, -0.1) is 0 Å². The summed E-state index contributed by atoms with van der Waals surface area (Å²) < 4.78 is 24.2. The zero-order chi connectivity index (χ0) is 24.4. The Morgan fingerprint density at radius 3 is 2.42 bits per heavy atom. The maximum atomic E-state index is 13.2. The normalized spacial score (nSPS) is 10.8. The number of methoxy groups -OCH3 is 1. The Balaban J connectivity index is 0.00000187. The van der Waals surface area contributed by atoms with Crippen LogP contribution in [0.15, 0.2) is 79.6 Å². The third kappa shape index (κ3) is 6.39. The Kier molecular flexibility index (Phi) is 9.55. The molecule has 0 aliphatic carbocycles. The van der Waals surface area contributed by atoms with Gasteiger partial charge in [-0.3, -0.25) is 4.98 Å². The number of esters is 1. The lowest BCUT2D eigenvalue weighted by Gasteiger charge is -2.14. The summed E-state index contributed by atoms with van der Waals surface area (Å²) in [7, 11) is 1.57. The van der Waals surface area contributed by atoms with Crippen LogP contribution in [0.3, 0.4) is 0 Å². The number of rotatable bonds is 8. The van der Waals surface area contributed by atoms with Crippen molar-refractivity contribution >= 4 is 16.9 Å². The van der Waals surface area contributed by atoms with E-state index >= 15 is 0 Å². The van der Waals surface area contributed by atoms with Crippen molar-refractivity contribution in [1.82, 2.24) is 4.98 Å². The highest BCUT2D eigenvalue weighted by Gasteiger charge is 2.18. The van der Waals surface area contributed by atoms with E-state index in [1.807, 2.05) is 26.8 Å². The standard InChI is InChI=1S/C26H24FNO3.C2H6/c1-5-7-18(6-2)16-31-26(29)23-12-17(3)25(30-4)24-22(23)14-20(15-28-24)13-19-8-10-21(27)11-9-19;1-2/h5-12,14-15H,1-2,13,16H2,3-4H3;1-2H3/b18-7+;. The number of allylic oxidation sites excluding steroid dienone is 2. The fourth-order valence-corrected chi connectivity index (χ4v) is 3.36. The number of aromatic nitrogens is 1. The second-order valence-corrected chi connectivity index (χ2v) is 7.07. The summed E-state index contributed by atoms with van der Waals surface area (Å²) in [6.07, 6.45) is 7.26. The second kappa shape index (κ2) is 12.3. The quantitative estimate of drug-likeness (QED) is 0.283. The number of halogens is 1. The van der Waals surface area contributed by atoms with Crippen LogP contribution in [-0.4, -0.2) is 24.7 Å². The van der Waals surface area contributed by atoms with E-state index in [2.05, 4.69) is 18.1 Å². The first-order valence-electron chi connectivity index (χ1n) is 10.8. The average Bonchev–Trinajstić information content (AvgIpc) is 2.84. The fraction of sp³-hybridized carbons (Fsp3) is 0.214. The summed E-state index contributed by atoms with van der Waals surface area (Å²) in [6, 6.07) is 9.95. The van der Waals surface area contributed by atoms with Gasteiger partial charge in [0.05, 0.1) is 12.7 Å². The molecule has 5 heteroatoms. The summed E-state index contributed by atoms with van der Waals surface area (Å²) in [4.78, 5) is 17.5. The van der Waals surface area contributed by atoms with E-state index in [4.69, 9.17) is 9.47 Å². The van der Waals surface area contributed by atoms with Gasteiger partial charge in [0, 0.05) is 11.6 Å². The Bertz CT molecular complexity index is 1160. The molecule has 0 unspecified atom stereocenters. The van der Waals surface area contributed by atoms with Crippen LogP contribution in [-0.2, 0) is 11.2 Å². The van der Waals surface area contributed by atoms with Crippen molar-refractivity contribution in [3.63, 3.8) is 0 Å². The molecule has 0 spiro atoms. The predicted octanol–water partition coefficient (Wildman–Crippen LogP) is 6.76. The van der Waals surface area contributed by atoms with Crippen LogP contribution in [0.4, 0.5) is 4.39 Å². The number of benzene rings is 2. The highest BCUT2D eigenvalue weighted by molar-refractivity contribution is 6.06. The zero-order valence-electron chi connectivity index (χ0n) is 19.7. The predicted molar refractivity (Wildman–Crippen MR) is 132 cm³/mol. The summed E-state index contributed by atoms with van der Waals surface area (Å²) in [5.41, 5.74) is 4.35. The molecule has 3 rings (SSSR count). The van der Waals surface area contributed by atoms with E-state index in [1.54, 1.807) is 49.7 Å². The van der Waals surface area contributed by atoms with E-state index in [9.17, 15) is 9.18 Å². The van der Waals surface area contributed by atoms with E-state index in [1.165, 1.54) is 12.1 Å². The van der Waals surface area contributed by atoms with Crippen LogP contribution < -0.4 is 4.74 Å². The van der Waals surface area contributed by atoms with E-state index in [-0.39, 0.29) is 12.4 Å².